The van der Waals surface area contributed by atoms with Crippen molar-refractivity contribution in [2.75, 3.05) is 25.5 Å². The van der Waals surface area contributed by atoms with Crippen LogP contribution in [0.5, 0.6) is 0 Å². The van der Waals surface area contributed by atoms with Gasteiger partial charge < -0.3 is 10.1 Å². The van der Waals surface area contributed by atoms with Crippen molar-refractivity contribution in [2.24, 2.45) is 0 Å². The minimum absolute atomic E-state index is 0.377. The Morgan fingerprint density at radius 3 is 2.45 bits per heavy atom. The number of thiazole rings is 1. The molecule has 0 unspecified atom stereocenters. The highest BCUT2D eigenvalue weighted by Gasteiger charge is 2.16. The van der Waals surface area contributed by atoms with Gasteiger partial charge in [0.25, 0.3) is 0 Å². The minimum Gasteiger partial charge on any atom is -0.464 e. The molecule has 6 heteroatoms. The molecule has 0 bridgehead atoms. The first-order valence-corrected chi connectivity index (χ1v) is 7.73. The van der Waals surface area contributed by atoms with Gasteiger partial charge in [-0.3, -0.25) is 4.90 Å². The van der Waals surface area contributed by atoms with Gasteiger partial charge in [-0.1, -0.05) is 0 Å². The lowest BCUT2D eigenvalue weighted by Crippen LogP contribution is -2.40. The second-order valence-corrected chi connectivity index (χ2v) is 6.47. The van der Waals surface area contributed by atoms with Gasteiger partial charge in [-0.05, 0) is 34.6 Å². The predicted molar refractivity (Wildman–Crippen MR) is 83.7 cm³/mol. The predicted octanol–water partition coefficient (Wildman–Crippen LogP) is 2.77. The number of aromatic nitrogens is 1. The summed E-state index contributed by atoms with van der Waals surface area (Å²) in [6.45, 7) is 12.4. The summed E-state index contributed by atoms with van der Waals surface area (Å²) in [5, 5.41) is 4.06. The summed E-state index contributed by atoms with van der Waals surface area (Å²) >= 11 is 1.48. The molecule has 0 spiro atoms. The Labute approximate surface area is 125 Å². The Bertz CT molecular complexity index is 436. The van der Waals surface area contributed by atoms with Crippen LogP contribution in [0.3, 0.4) is 0 Å². The van der Waals surface area contributed by atoms with Gasteiger partial charge in [0.2, 0.25) is 0 Å². The Kier molecular flexibility index (Phi) is 6.42. The molecule has 1 N–H and O–H groups in total. The van der Waals surface area contributed by atoms with Crippen molar-refractivity contribution in [1.82, 2.24) is 9.88 Å². The third kappa shape index (κ3) is 4.45. The highest BCUT2D eigenvalue weighted by Crippen LogP contribution is 2.22. The van der Waals surface area contributed by atoms with Crippen LogP contribution in [0.1, 0.15) is 43.1 Å². The molecule has 1 aromatic heterocycles. The lowest BCUT2D eigenvalue weighted by Gasteiger charge is -2.30. The van der Waals surface area contributed by atoms with Crippen LogP contribution in [0.25, 0.3) is 0 Å². The maximum Gasteiger partial charge on any atom is 0.357 e. The third-order valence-corrected chi connectivity index (χ3v) is 4.08. The van der Waals surface area contributed by atoms with E-state index >= 15 is 0 Å². The molecule has 0 aliphatic rings. The van der Waals surface area contributed by atoms with E-state index in [2.05, 4.69) is 42.9 Å². The fourth-order valence-corrected chi connectivity index (χ4v) is 2.99. The van der Waals surface area contributed by atoms with Gasteiger partial charge >= 0.3 is 5.97 Å². The number of nitrogens with one attached hydrogen (secondary N) is 1. The van der Waals surface area contributed by atoms with E-state index in [1.165, 1.54) is 18.4 Å². The van der Waals surface area contributed by atoms with Crippen LogP contribution in [0.4, 0.5) is 5.13 Å². The molecule has 1 rings (SSSR count). The summed E-state index contributed by atoms with van der Waals surface area (Å²) in [6.07, 6.45) is 0. The molecule has 0 saturated heterocycles. The molecule has 0 aliphatic carbocycles. The van der Waals surface area contributed by atoms with E-state index in [1.807, 2.05) is 6.92 Å². The maximum atomic E-state index is 11.5. The van der Waals surface area contributed by atoms with Crippen LogP contribution in [0, 0.1) is 6.92 Å². The number of rotatable bonds is 7. The van der Waals surface area contributed by atoms with Gasteiger partial charge in [-0.2, -0.15) is 0 Å². The minimum atomic E-state index is -0.377. The van der Waals surface area contributed by atoms with Crippen molar-refractivity contribution in [3.8, 4) is 0 Å². The number of hydrogen-bond acceptors (Lipinski definition) is 6. The second-order valence-electron chi connectivity index (χ2n) is 5.27. The average Bonchev–Trinajstić information content (AvgIpc) is 2.74. The summed E-state index contributed by atoms with van der Waals surface area (Å²) in [6, 6.07) is 1.03. The van der Waals surface area contributed by atoms with E-state index in [9.17, 15) is 4.79 Å². The highest BCUT2D eigenvalue weighted by molar-refractivity contribution is 7.15. The molecule has 0 atom stereocenters. The molecule has 0 saturated carbocycles. The summed E-state index contributed by atoms with van der Waals surface area (Å²) in [5.41, 5.74) is 0.407. The quantitative estimate of drug-likeness (QED) is 0.785. The number of methoxy groups -OCH3 is 1. The maximum absolute atomic E-state index is 11.5. The van der Waals surface area contributed by atoms with Gasteiger partial charge in [0, 0.05) is 30.1 Å². The van der Waals surface area contributed by atoms with Crippen LogP contribution in [0.2, 0.25) is 0 Å². The fraction of sp³-hybridized carbons (Fsp3) is 0.714. The zero-order valence-corrected chi connectivity index (χ0v) is 14.0. The van der Waals surface area contributed by atoms with E-state index in [-0.39, 0.29) is 5.97 Å². The molecule has 114 valence electrons. The van der Waals surface area contributed by atoms with Crippen molar-refractivity contribution in [2.45, 2.75) is 46.7 Å². The van der Waals surface area contributed by atoms with Crippen LogP contribution >= 0.6 is 11.3 Å². The number of nitrogens with zero attached hydrogens (tertiary/aromatic N) is 2. The molecule has 0 aromatic carbocycles. The molecule has 0 radical (unpaired) electrons. The Morgan fingerprint density at radius 2 is 1.95 bits per heavy atom. The smallest absolute Gasteiger partial charge is 0.357 e. The van der Waals surface area contributed by atoms with Crippen molar-refractivity contribution in [3.63, 3.8) is 0 Å². The number of carbonyl (C=O) groups excluding carboxylic acids is 1. The van der Waals surface area contributed by atoms with E-state index in [1.54, 1.807) is 0 Å². The van der Waals surface area contributed by atoms with Gasteiger partial charge in [0.15, 0.2) is 10.8 Å². The lowest BCUT2D eigenvalue weighted by atomic mass is 10.2. The molecule has 0 aliphatic heterocycles. The van der Waals surface area contributed by atoms with Crippen LogP contribution < -0.4 is 5.32 Å². The number of anilines is 1. The molecule has 0 fully saturated rings. The molecular formula is C14H25N3O2S. The summed E-state index contributed by atoms with van der Waals surface area (Å²) < 4.78 is 4.71. The van der Waals surface area contributed by atoms with Gasteiger partial charge in [-0.25, -0.2) is 9.78 Å². The van der Waals surface area contributed by atoms with Gasteiger partial charge in [-0.15, -0.1) is 11.3 Å². The normalized spacial score (nSPS) is 11.4. The number of carbonyl (C=O) groups is 1. The van der Waals surface area contributed by atoms with Crippen LogP contribution in [-0.4, -0.2) is 48.1 Å². The zero-order valence-electron chi connectivity index (χ0n) is 13.2. The van der Waals surface area contributed by atoms with Crippen molar-refractivity contribution >= 4 is 22.4 Å². The first-order valence-electron chi connectivity index (χ1n) is 6.92. The van der Waals surface area contributed by atoms with E-state index < -0.39 is 0 Å². The molecule has 1 heterocycles. The van der Waals surface area contributed by atoms with Crippen LogP contribution in [0.15, 0.2) is 0 Å². The first-order chi connectivity index (χ1) is 9.36. The largest absolute Gasteiger partial charge is 0.464 e. The lowest BCUT2D eigenvalue weighted by molar-refractivity contribution is 0.0594. The molecule has 20 heavy (non-hydrogen) atoms. The monoisotopic (exact) mass is 299 g/mol. The third-order valence-electron chi connectivity index (χ3n) is 3.15. The highest BCUT2D eigenvalue weighted by atomic mass is 32.1. The van der Waals surface area contributed by atoms with Crippen molar-refractivity contribution < 1.29 is 9.53 Å². The molecule has 0 amide bonds. The van der Waals surface area contributed by atoms with Crippen molar-refractivity contribution in [1.29, 1.82) is 0 Å². The molecule has 1 aromatic rings. The Morgan fingerprint density at radius 1 is 1.35 bits per heavy atom. The van der Waals surface area contributed by atoms with Gasteiger partial charge in [0.05, 0.1) is 7.11 Å². The standard InChI is InChI=1S/C14H25N3O2S/c1-9(2)17(10(3)4)8-7-15-14-16-12(11(5)20-14)13(18)19-6/h9-10H,7-8H2,1-6H3,(H,15,16). The first kappa shape index (κ1) is 16.9. The number of aryl methyl sites for hydroxylation is 1. The number of ether oxygens (including phenoxy) is 1. The zero-order chi connectivity index (χ0) is 15.3. The molecular weight excluding hydrogens is 274 g/mol. The number of hydrogen-bond donors (Lipinski definition) is 1. The average molecular weight is 299 g/mol. The fourth-order valence-electron chi connectivity index (χ4n) is 2.16. The Balaban J connectivity index is 2.56. The summed E-state index contributed by atoms with van der Waals surface area (Å²) in [7, 11) is 1.37. The summed E-state index contributed by atoms with van der Waals surface area (Å²) in [4.78, 5) is 19.1. The van der Waals surface area contributed by atoms with Crippen LogP contribution in [-0.2, 0) is 4.74 Å². The summed E-state index contributed by atoms with van der Waals surface area (Å²) in [5.74, 6) is -0.377. The van der Waals surface area contributed by atoms with E-state index in [0.717, 1.165) is 23.1 Å². The topological polar surface area (TPSA) is 54.5 Å². The second kappa shape index (κ2) is 7.59. The number of esters is 1. The van der Waals surface area contributed by atoms with Gasteiger partial charge in [0.1, 0.15) is 0 Å². The Hall–Kier alpha value is -1.14. The molecule has 5 nitrogen and oxygen atoms in total. The van der Waals surface area contributed by atoms with Crippen molar-refractivity contribution in [3.05, 3.63) is 10.6 Å². The van der Waals surface area contributed by atoms with E-state index in [0.29, 0.717) is 17.8 Å². The van der Waals surface area contributed by atoms with E-state index in [4.69, 9.17) is 4.74 Å². The SMILES string of the molecule is COC(=O)c1nc(NCCN(C(C)C)C(C)C)sc1C.